The molecule has 1 heterocycles. The number of imide groups is 1. The van der Waals surface area contributed by atoms with Gasteiger partial charge in [0.25, 0.3) is 0 Å². The molecule has 0 spiro atoms. The van der Waals surface area contributed by atoms with Crippen LogP contribution in [0.3, 0.4) is 0 Å². The Kier molecular flexibility index (Phi) is 3.82. The van der Waals surface area contributed by atoms with Crippen LogP contribution in [0.1, 0.15) is 26.7 Å². The van der Waals surface area contributed by atoms with E-state index in [0.717, 1.165) is 0 Å². The van der Waals surface area contributed by atoms with Crippen molar-refractivity contribution in [2.75, 3.05) is 13.2 Å². The number of hydrogen-bond donors (Lipinski definition) is 2. The van der Waals surface area contributed by atoms with Gasteiger partial charge in [0.05, 0.1) is 18.8 Å². The van der Waals surface area contributed by atoms with Gasteiger partial charge in [0.2, 0.25) is 11.8 Å². The lowest BCUT2D eigenvalue weighted by atomic mass is 9.94. The van der Waals surface area contributed by atoms with Gasteiger partial charge < -0.3 is 10.5 Å². The number of nitrogens with one attached hydrogen (secondary N) is 1. The van der Waals surface area contributed by atoms with E-state index in [4.69, 9.17) is 10.5 Å². The fourth-order valence-electron chi connectivity index (χ4n) is 1.41. The summed E-state index contributed by atoms with van der Waals surface area (Å²) in [5.41, 5.74) is 5.22. The topological polar surface area (TPSA) is 81.4 Å². The summed E-state index contributed by atoms with van der Waals surface area (Å²) in [6.07, 6.45) is 0.511. The van der Waals surface area contributed by atoms with Crippen LogP contribution in [0.2, 0.25) is 0 Å². The third-order valence-electron chi connectivity index (χ3n) is 2.16. The van der Waals surface area contributed by atoms with Crippen LogP contribution < -0.4 is 11.1 Å². The number of ether oxygens (including phenoxy) is 1. The maximum absolute atomic E-state index is 11.4. The van der Waals surface area contributed by atoms with Crippen molar-refractivity contribution in [3.63, 3.8) is 0 Å². The Bertz CT molecular complexity index is 259. The standard InChI is InChI=1S/C10H18N2O3/c1-7(2)3-8(13)12-9(14)4-10(11)5-15-6-10/h7H,3-6,11H2,1-2H3,(H,12,13,14). The summed E-state index contributed by atoms with van der Waals surface area (Å²) in [7, 11) is 0. The maximum Gasteiger partial charge on any atom is 0.228 e. The number of carbonyl (C=O) groups is 2. The molecule has 0 saturated carbocycles. The van der Waals surface area contributed by atoms with Crippen molar-refractivity contribution < 1.29 is 14.3 Å². The van der Waals surface area contributed by atoms with E-state index >= 15 is 0 Å². The monoisotopic (exact) mass is 214 g/mol. The van der Waals surface area contributed by atoms with Crippen molar-refractivity contribution in [2.24, 2.45) is 11.7 Å². The lowest BCUT2D eigenvalue weighted by Crippen LogP contribution is -2.59. The SMILES string of the molecule is CC(C)CC(=O)NC(=O)CC1(N)COC1. The molecule has 86 valence electrons. The molecule has 2 amide bonds. The normalized spacial score (nSPS) is 18.4. The van der Waals surface area contributed by atoms with Crippen LogP contribution in [-0.4, -0.2) is 30.6 Å². The highest BCUT2D eigenvalue weighted by Gasteiger charge is 2.36. The van der Waals surface area contributed by atoms with Crippen LogP contribution in [0.5, 0.6) is 0 Å². The molecule has 1 saturated heterocycles. The van der Waals surface area contributed by atoms with E-state index in [1.165, 1.54) is 0 Å². The first-order chi connectivity index (χ1) is 6.91. The molecule has 15 heavy (non-hydrogen) atoms. The summed E-state index contributed by atoms with van der Waals surface area (Å²) in [6, 6.07) is 0. The average Bonchev–Trinajstić information content (AvgIpc) is 1.98. The number of amides is 2. The van der Waals surface area contributed by atoms with Crippen LogP contribution in [0.15, 0.2) is 0 Å². The first kappa shape index (κ1) is 12.1. The second-order valence-corrected chi connectivity index (χ2v) is 4.60. The molecule has 5 nitrogen and oxygen atoms in total. The Labute approximate surface area is 89.3 Å². The van der Waals surface area contributed by atoms with Crippen LogP contribution in [0.25, 0.3) is 0 Å². The molecule has 5 heteroatoms. The summed E-state index contributed by atoms with van der Waals surface area (Å²) in [6.45, 7) is 4.63. The summed E-state index contributed by atoms with van der Waals surface area (Å²) < 4.78 is 4.92. The third-order valence-corrected chi connectivity index (χ3v) is 2.16. The lowest BCUT2D eigenvalue weighted by molar-refractivity contribution is -0.135. The smallest absolute Gasteiger partial charge is 0.228 e. The quantitative estimate of drug-likeness (QED) is 0.678. The van der Waals surface area contributed by atoms with E-state index in [-0.39, 0.29) is 24.2 Å². The van der Waals surface area contributed by atoms with E-state index in [9.17, 15) is 9.59 Å². The van der Waals surface area contributed by atoms with Gasteiger partial charge in [-0.3, -0.25) is 14.9 Å². The minimum Gasteiger partial charge on any atom is -0.377 e. The van der Waals surface area contributed by atoms with Crippen LogP contribution in [-0.2, 0) is 14.3 Å². The predicted molar refractivity (Wildman–Crippen MR) is 55.0 cm³/mol. The van der Waals surface area contributed by atoms with Crippen molar-refractivity contribution >= 4 is 11.8 Å². The second kappa shape index (κ2) is 4.72. The van der Waals surface area contributed by atoms with Gasteiger partial charge in [-0.05, 0) is 5.92 Å². The predicted octanol–water partition coefficient (Wildman–Crippen LogP) is -0.207. The molecule has 1 rings (SSSR count). The Morgan fingerprint density at radius 1 is 1.40 bits per heavy atom. The molecule has 0 aromatic heterocycles. The van der Waals surface area contributed by atoms with Crippen molar-refractivity contribution in [1.29, 1.82) is 0 Å². The third kappa shape index (κ3) is 3.97. The minimum absolute atomic E-state index is 0.150. The van der Waals surface area contributed by atoms with Crippen LogP contribution in [0.4, 0.5) is 0 Å². The van der Waals surface area contributed by atoms with Gasteiger partial charge in [-0.2, -0.15) is 0 Å². The largest absolute Gasteiger partial charge is 0.377 e. The molecule has 0 aromatic rings. The lowest BCUT2D eigenvalue weighted by Gasteiger charge is -2.36. The summed E-state index contributed by atoms with van der Waals surface area (Å²) in [4.78, 5) is 22.6. The van der Waals surface area contributed by atoms with Gasteiger partial charge >= 0.3 is 0 Å². The van der Waals surface area contributed by atoms with Gasteiger partial charge in [0.1, 0.15) is 0 Å². The van der Waals surface area contributed by atoms with E-state index < -0.39 is 5.54 Å². The Morgan fingerprint density at radius 3 is 2.40 bits per heavy atom. The molecule has 0 atom stereocenters. The number of nitrogens with two attached hydrogens (primary N) is 1. The summed E-state index contributed by atoms with van der Waals surface area (Å²) in [5, 5.41) is 2.32. The number of rotatable bonds is 4. The zero-order chi connectivity index (χ0) is 11.5. The molecular weight excluding hydrogens is 196 g/mol. The van der Waals surface area contributed by atoms with Gasteiger partial charge in [0, 0.05) is 12.8 Å². The molecule has 0 bridgehead atoms. The molecule has 1 aliphatic rings. The summed E-state index contributed by atoms with van der Waals surface area (Å²) >= 11 is 0. The Hall–Kier alpha value is -0.940. The van der Waals surface area contributed by atoms with Gasteiger partial charge in [-0.25, -0.2) is 0 Å². The van der Waals surface area contributed by atoms with E-state index in [2.05, 4.69) is 5.32 Å². The van der Waals surface area contributed by atoms with Gasteiger partial charge in [-0.1, -0.05) is 13.8 Å². The molecule has 1 fully saturated rings. The van der Waals surface area contributed by atoms with Crippen LogP contribution in [0, 0.1) is 5.92 Å². The van der Waals surface area contributed by atoms with Gasteiger partial charge in [0.15, 0.2) is 0 Å². The first-order valence-electron chi connectivity index (χ1n) is 5.10. The highest BCUT2D eigenvalue weighted by molar-refractivity contribution is 5.95. The average molecular weight is 214 g/mol. The van der Waals surface area contributed by atoms with Gasteiger partial charge in [-0.15, -0.1) is 0 Å². The highest BCUT2D eigenvalue weighted by atomic mass is 16.5. The second-order valence-electron chi connectivity index (χ2n) is 4.60. The van der Waals surface area contributed by atoms with E-state index in [1.54, 1.807) is 0 Å². The first-order valence-corrected chi connectivity index (χ1v) is 5.10. The number of carbonyl (C=O) groups excluding carboxylic acids is 2. The van der Waals surface area contributed by atoms with Crippen LogP contribution >= 0.6 is 0 Å². The van der Waals surface area contributed by atoms with Crippen molar-refractivity contribution in [2.45, 2.75) is 32.2 Å². The minimum atomic E-state index is -0.567. The van der Waals surface area contributed by atoms with Crippen molar-refractivity contribution in [1.82, 2.24) is 5.32 Å². The Balaban J connectivity index is 2.26. The molecule has 0 unspecified atom stereocenters. The molecule has 1 aliphatic heterocycles. The maximum atomic E-state index is 11.4. The number of hydrogen-bond acceptors (Lipinski definition) is 4. The zero-order valence-electron chi connectivity index (χ0n) is 9.21. The fourth-order valence-corrected chi connectivity index (χ4v) is 1.41. The summed E-state index contributed by atoms with van der Waals surface area (Å²) in [5.74, 6) is -0.304. The molecule has 0 radical (unpaired) electrons. The van der Waals surface area contributed by atoms with E-state index in [1.807, 2.05) is 13.8 Å². The van der Waals surface area contributed by atoms with E-state index in [0.29, 0.717) is 19.6 Å². The molecule has 0 aromatic carbocycles. The zero-order valence-corrected chi connectivity index (χ0v) is 9.21. The highest BCUT2D eigenvalue weighted by Crippen LogP contribution is 2.17. The van der Waals surface area contributed by atoms with Crippen molar-refractivity contribution in [3.05, 3.63) is 0 Å². The Morgan fingerprint density at radius 2 is 2.00 bits per heavy atom. The molecule has 0 aliphatic carbocycles. The fraction of sp³-hybridized carbons (Fsp3) is 0.800. The molecule has 3 N–H and O–H groups in total. The molecular formula is C10H18N2O3. The van der Waals surface area contributed by atoms with Crippen molar-refractivity contribution in [3.8, 4) is 0 Å².